The van der Waals surface area contributed by atoms with Crippen molar-refractivity contribution < 1.29 is 19.4 Å². The fraction of sp³-hybridized carbons (Fsp3) is 0.261. The molecular formula is C23H21IN2O5S2. The molecule has 1 atom stereocenters. The van der Waals surface area contributed by atoms with Crippen molar-refractivity contribution in [3.05, 3.63) is 74.6 Å². The van der Waals surface area contributed by atoms with E-state index in [1.165, 1.54) is 22.7 Å². The number of carbonyl (C=O) groups excluding carboxylic acids is 1. The van der Waals surface area contributed by atoms with Crippen LogP contribution in [-0.4, -0.2) is 28.9 Å². The SMILES string of the molecule is CCOC(=O)C1=C(C)N=c2sc(=Cc3cc(I)c(O)c(OCC)c3)c(=O)n2C1c1cccs1. The number of carbonyl (C=O) groups is 1. The first-order valence-electron chi connectivity index (χ1n) is 10.2. The van der Waals surface area contributed by atoms with Crippen LogP contribution in [0.5, 0.6) is 11.5 Å². The average Bonchev–Trinajstić information content (AvgIpc) is 3.40. The number of thiazole rings is 1. The molecule has 0 fully saturated rings. The largest absolute Gasteiger partial charge is 0.504 e. The number of nitrogens with zero attached hydrogens (tertiary/aromatic N) is 2. The second-order valence-electron chi connectivity index (χ2n) is 7.10. The molecule has 3 heterocycles. The Bertz CT molecular complexity index is 1420. The van der Waals surface area contributed by atoms with Crippen molar-refractivity contribution >= 4 is 57.3 Å². The number of esters is 1. The number of hydrogen-bond acceptors (Lipinski definition) is 8. The van der Waals surface area contributed by atoms with Crippen LogP contribution in [0.25, 0.3) is 6.08 Å². The van der Waals surface area contributed by atoms with Gasteiger partial charge in [-0.3, -0.25) is 9.36 Å². The van der Waals surface area contributed by atoms with Crippen LogP contribution in [0, 0.1) is 3.57 Å². The van der Waals surface area contributed by atoms with Crippen LogP contribution in [0.15, 0.2) is 50.7 Å². The Balaban J connectivity index is 1.91. The first-order valence-corrected chi connectivity index (χ1v) is 13.0. The number of aromatic nitrogens is 1. The van der Waals surface area contributed by atoms with E-state index in [1.807, 2.05) is 47.0 Å². The predicted molar refractivity (Wildman–Crippen MR) is 137 cm³/mol. The number of ether oxygens (including phenoxy) is 2. The summed E-state index contributed by atoms with van der Waals surface area (Å²) in [6.45, 7) is 6.00. The molecule has 172 valence electrons. The highest BCUT2D eigenvalue weighted by Gasteiger charge is 2.33. The number of phenolic OH excluding ortho intramolecular Hbond substituents is 1. The summed E-state index contributed by atoms with van der Waals surface area (Å²) in [4.78, 5) is 32.3. The van der Waals surface area contributed by atoms with E-state index in [2.05, 4.69) is 4.99 Å². The summed E-state index contributed by atoms with van der Waals surface area (Å²) in [7, 11) is 0. The molecule has 0 spiro atoms. The summed E-state index contributed by atoms with van der Waals surface area (Å²) >= 11 is 4.76. The van der Waals surface area contributed by atoms with Gasteiger partial charge in [0.25, 0.3) is 5.56 Å². The quantitative estimate of drug-likeness (QED) is 0.347. The van der Waals surface area contributed by atoms with Gasteiger partial charge in [-0.1, -0.05) is 17.4 Å². The maximum Gasteiger partial charge on any atom is 0.338 e. The molecule has 1 aromatic carbocycles. The molecule has 1 N–H and O–H groups in total. The van der Waals surface area contributed by atoms with Gasteiger partial charge in [-0.25, -0.2) is 9.79 Å². The predicted octanol–water partition coefficient (Wildman–Crippen LogP) is 3.57. The average molecular weight is 596 g/mol. The molecule has 1 aliphatic heterocycles. The van der Waals surface area contributed by atoms with Crippen LogP contribution in [0.4, 0.5) is 0 Å². The van der Waals surface area contributed by atoms with Gasteiger partial charge in [0.05, 0.1) is 32.6 Å². The number of rotatable bonds is 6. The van der Waals surface area contributed by atoms with Crippen LogP contribution in [0.3, 0.4) is 0 Å². The van der Waals surface area contributed by atoms with E-state index in [1.54, 1.807) is 36.6 Å². The molecule has 1 aliphatic rings. The summed E-state index contributed by atoms with van der Waals surface area (Å²) in [6, 6.07) is 6.68. The smallest absolute Gasteiger partial charge is 0.338 e. The maximum atomic E-state index is 13.5. The monoisotopic (exact) mass is 596 g/mol. The molecule has 10 heteroatoms. The first-order chi connectivity index (χ1) is 15.8. The normalized spacial score (nSPS) is 15.9. The molecule has 0 amide bonds. The second kappa shape index (κ2) is 9.82. The zero-order chi connectivity index (χ0) is 23.7. The fourth-order valence-corrected chi connectivity index (χ4v) is 6.10. The molecule has 7 nitrogen and oxygen atoms in total. The minimum absolute atomic E-state index is 0.0726. The molecule has 4 rings (SSSR count). The summed E-state index contributed by atoms with van der Waals surface area (Å²) < 4.78 is 13.5. The lowest BCUT2D eigenvalue weighted by molar-refractivity contribution is -0.139. The van der Waals surface area contributed by atoms with Gasteiger partial charge in [0, 0.05) is 4.88 Å². The van der Waals surface area contributed by atoms with E-state index in [9.17, 15) is 14.7 Å². The summed E-state index contributed by atoms with van der Waals surface area (Å²) in [5.41, 5.74) is 1.39. The number of benzene rings is 1. The lowest BCUT2D eigenvalue weighted by Crippen LogP contribution is -2.39. The van der Waals surface area contributed by atoms with Gasteiger partial charge in [0.1, 0.15) is 6.04 Å². The topological polar surface area (TPSA) is 90.1 Å². The Labute approximate surface area is 211 Å². The van der Waals surface area contributed by atoms with Crippen LogP contribution in [0.2, 0.25) is 0 Å². The number of fused-ring (bicyclic) bond motifs is 1. The first kappa shape index (κ1) is 23.7. The Morgan fingerprint density at radius 1 is 1.33 bits per heavy atom. The zero-order valence-corrected chi connectivity index (χ0v) is 21.9. The summed E-state index contributed by atoms with van der Waals surface area (Å²) in [5, 5.41) is 12.1. The number of aromatic hydroxyl groups is 1. The molecule has 33 heavy (non-hydrogen) atoms. The van der Waals surface area contributed by atoms with E-state index in [0.717, 1.165) is 10.4 Å². The van der Waals surface area contributed by atoms with Gasteiger partial charge in [-0.05, 0) is 78.6 Å². The van der Waals surface area contributed by atoms with E-state index in [-0.39, 0.29) is 17.9 Å². The maximum absolute atomic E-state index is 13.5. The van der Waals surface area contributed by atoms with E-state index in [0.29, 0.717) is 36.5 Å². The fourth-order valence-electron chi connectivity index (χ4n) is 3.60. The van der Waals surface area contributed by atoms with E-state index in [4.69, 9.17) is 9.47 Å². The lowest BCUT2D eigenvalue weighted by atomic mass is 10.0. The molecule has 2 aromatic heterocycles. The Morgan fingerprint density at radius 3 is 2.79 bits per heavy atom. The lowest BCUT2D eigenvalue weighted by Gasteiger charge is -2.23. The number of halogens is 1. The number of allylic oxidation sites excluding steroid dienone is 1. The van der Waals surface area contributed by atoms with Crippen molar-refractivity contribution in [2.45, 2.75) is 26.8 Å². The third-order valence-electron chi connectivity index (χ3n) is 4.98. The van der Waals surface area contributed by atoms with Crippen LogP contribution >= 0.6 is 45.3 Å². The summed E-state index contributed by atoms with van der Waals surface area (Å²) in [6.07, 6.45) is 1.75. The van der Waals surface area contributed by atoms with Gasteiger partial charge in [0.2, 0.25) is 0 Å². The number of hydrogen-bond donors (Lipinski definition) is 1. The summed E-state index contributed by atoms with van der Waals surface area (Å²) in [5.74, 6) is -0.0373. The second-order valence-corrected chi connectivity index (χ2v) is 10.3. The van der Waals surface area contributed by atoms with Crippen molar-refractivity contribution in [1.82, 2.24) is 4.57 Å². The van der Waals surface area contributed by atoms with Crippen molar-refractivity contribution in [1.29, 1.82) is 0 Å². The highest BCUT2D eigenvalue weighted by molar-refractivity contribution is 14.1. The zero-order valence-electron chi connectivity index (χ0n) is 18.1. The van der Waals surface area contributed by atoms with E-state index < -0.39 is 12.0 Å². The molecule has 1 unspecified atom stereocenters. The minimum atomic E-state index is -0.596. The number of thiophene rings is 1. The Hall–Kier alpha value is -2.44. The van der Waals surface area contributed by atoms with Crippen LogP contribution in [0.1, 0.15) is 37.3 Å². The van der Waals surface area contributed by atoms with Crippen LogP contribution in [-0.2, 0) is 9.53 Å². The molecule has 0 aliphatic carbocycles. The Kier molecular flexibility index (Phi) is 7.05. The van der Waals surface area contributed by atoms with Gasteiger partial charge >= 0.3 is 5.97 Å². The third-order valence-corrected chi connectivity index (χ3v) is 7.71. The van der Waals surface area contributed by atoms with Gasteiger partial charge in [-0.15, -0.1) is 11.3 Å². The van der Waals surface area contributed by atoms with Gasteiger partial charge in [0.15, 0.2) is 16.3 Å². The molecule has 0 radical (unpaired) electrons. The van der Waals surface area contributed by atoms with Crippen molar-refractivity contribution in [2.24, 2.45) is 4.99 Å². The van der Waals surface area contributed by atoms with Crippen molar-refractivity contribution in [3.63, 3.8) is 0 Å². The molecule has 0 saturated heterocycles. The third kappa shape index (κ3) is 4.51. The highest BCUT2D eigenvalue weighted by Crippen LogP contribution is 2.34. The van der Waals surface area contributed by atoms with Gasteiger partial charge < -0.3 is 14.6 Å². The van der Waals surface area contributed by atoms with E-state index >= 15 is 0 Å². The minimum Gasteiger partial charge on any atom is -0.504 e. The Morgan fingerprint density at radius 2 is 2.12 bits per heavy atom. The van der Waals surface area contributed by atoms with Gasteiger partial charge in [-0.2, -0.15) is 0 Å². The standard InChI is InChI=1S/C23H21IN2O5S2/c1-4-30-15-10-13(9-14(24)20(15)27)11-17-21(28)26-19(16-7-6-8-32-16)18(22(29)31-5-2)12(3)25-23(26)33-17/h6-11,19,27H,4-5H2,1-3H3. The molecule has 0 bridgehead atoms. The highest BCUT2D eigenvalue weighted by atomic mass is 127. The molecule has 0 saturated carbocycles. The molecular weight excluding hydrogens is 575 g/mol. The molecule has 3 aromatic rings. The van der Waals surface area contributed by atoms with Crippen molar-refractivity contribution in [2.75, 3.05) is 13.2 Å². The van der Waals surface area contributed by atoms with Crippen molar-refractivity contribution in [3.8, 4) is 11.5 Å². The number of phenols is 1. The van der Waals surface area contributed by atoms with Crippen LogP contribution < -0.4 is 19.6 Å².